The van der Waals surface area contributed by atoms with E-state index >= 15 is 0 Å². The molecule has 0 aliphatic rings. The summed E-state index contributed by atoms with van der Waals surface area (Å²) in [5.74, 6) is -0.217. The molecule has 0 bridgehead atoms. The Morgan fingerprint density at radius 1 is 1.05 bits per heavy atom. The molecule has 0 fully saturated rings. The van der Waals surface area contributed by atoms with Crippen LogP contribution >= 0.6 is 0 Å². The molecule has 0 amide bonds. The summed E-state index contributed by atoms with van der Waals surface area (Å²) in [7, 11) is 3.20. The monoisotopic (exact) mass is 289 g/mol. The van der Waals surface area contributed by atoms with E-state index in [-0.39, 0.29) is 5.97 Å². The van der Waals surface area contributed by atoms with Crippen molar-refractivity contribution in [2.45, 2.75) is 51.5 Å². The van der Waals surface area contributed by atoms with Crippen LogP contribution in [-0.2, 0) is 19.0 Å². The molecule has 0 saturated carbocycles. The number of carbonyl (C=O) groups excluding carboxylic acids is 1. The van der Waals surface area contributed by atoms with Gasteiger partial charge in [0.05, 0.1) is 20.3 Å². The van der Waals surface area contributed by atoms with E-state index in [1.807, 2.05) is 6.92 Å². The highest BCUT2D eigenvalue weighted by molar-refractivity contribution is 5.80. The first kappa shape index (κ1) is 19.4. The number of carbonyl (C=O) groups is 1. The van der Waals surface area contributed by atoms with E-state index in [1.165, 1.54) is 7.11 Å². The summed E-state index contributed by atoms with van der Waals surface area (Å²) in [5, 5.41) is 3.02. The number of methoxy groups -OCH3 is 1. The molecule has 0 aromatic rings. The van der Waals surface area contributed by atoms with Gasteiger partial charge in [0, 0.05) is 13.2 Å². The lowest BCUT2D eigenvalue weighted by molar-refractivity contribution is -0.148. The Balaban J connectivity index is 3.49. The minimum Gasteiger partial charge on any atom is -0.468 e. The van der Waals surface area contributed by atoms with Gasteiger partial charge in [0.25, 0.3) is 0 Å². The molecule has 0 heterocycles. The average Bonchev–Trinajstić information content (AvgIpc) is 2.48. The van der Waals surface area contributed by atoms with Gasteiger partial charge in [-0.1, -0.05) is 13.3 Å². The zero-order valence-electron chi connectivity index (χ0n) is 13.5. The van der Waals surface area contributed by atoms with Crippen LogP contribution in [0.15, 0.2) is 0 Å². The molecule has 0 rings (SSSR count). The van der Waals surface area contributed by atoms with Crippen molar-refractivity contribution in [2.75, 3.05) is 40.6 Å². The van der Waals surface area contributed by atoms with E-state index in [0.29, 0.717) is 19.8 Å². The van der Waals surface area contributed by atoms with Gasteiger partial charge in [-0.15, -0.1) is 0 Å². The molecule has 0 aromatic carbocycles. The number of ether oxygens (including phenoxy) is 3. The third kappa shape index (κ3) is 8.51. The van der Waals surface area contributed by atoms with E-state index < -0.39 is 5.54 Å². The van der Waals surface area contributed by atoms with Gasteiger partial charge in [0.1, 0.15) is 5.54 Å². The predicted octanol–water partition coefficient (Wildman–Crippen LogP) is 2.14. The van der Waals surface area contributed by atoms with Gasteiger partial charge in [-0.25, -0.2) is 0 Å². The third-order valence-corrected chi connectivity index (χ3v) is 3.42. The number of rotatable bonds is 13. The molecule has 1 atom stereocenters. The summed E-state index contributed by atoms with van der Waals surface area (Å²) in [5.41, 5.74) is -0.599. The number of hydrogen-bond acceptors (Lipinski definition) is 5. The van der Waals surface area contributed by atoms with E-state index in [4.69, 9.17) is 14.2 Å². The van der Waals surface area contributed by atoms with Crippen LogP contribution in [0.3, 0.4) is 0 Å². The Hall–Kier alpha value is -0.650. The summed E-state index contributed by atoms with van der Waals surface area (Å²) in [6.45, 7) is 6.84. The summed E-state index contributed by atoms with van der Waals surface area (Å²) < 4.78 is 15.7. The predicted molar refractivity (Wildman–Crippen MR) is 79.9 cm³/mol. The second-order valence-electron chi connectivity index (χ2n) is 5.11. The number of esters is 1. The Bertz CT molecular complexity index is 248. The van der Waals surface area contributed by atoms with Gasteiger partial charge in [0.15, 0.2) is 0 Å². The normalized spacial score (nSPS) is 14.0. The van der Waals surface area contributed by atoms with Gasteiger partial charge in [-0.3, -0.25) is 4.79 Å². The van der Waals surface area contributed by atoms with Gasteiger partial charge >= 0.3 is 5.97 Å². The fourth-order valence-corrected chi connectivity index (χ4v) is 1.81. The lowest BCUT2D eigenvalue weighted by Gasteiger charge is -2.25. The van der Waals surface area contributed by atoms with Crippen molar-refractivity contribution in [3.8, 4) is 0 Å². The molecule has 0 saturated heterocycles. The molecular weight excluding hydrogens is 258 g/mol. The van der Waals surface area contributed by atoms with Crippen molar-refractivity contribution in [1.29, 1.82) is 0 Å². The lowest BCUT2D eigenvalue weighted by Crippen LogP contribution is -2.48. The number of nitrogens with one attached hydrogen (secondary N) is 1. The maximum absolute atomic E-state index is 11.6. The molecule has 0 radical (unpaired) electrons. The minimum atomic E-state index is -0.599. The molecule has 1 unspecified atom stereocenters. The van der Waals surface area contributed by atoms with Crippen LogP contribution in [-0.4, -0.2) is 52.1 Å². The van der Waals surface area contributed by atoms with Crippen LogP contribution in [0, 0.1) is 0 Å². The number of unbranched alkanes of at least 4 members (excludes halogenated alkanes) is 2. The SMILES string of the molecule is CCCCOCCOCCCCC(C)(NC)C(=O)OC. The van der Waals surface area contributed by atoms with Crippen LogP contribution in [0.1, 0.15) is 46.0 Å². The molecule has 5 nitrogen and oxygen atoms in total. The Kier molecular flexibility index (Phi) is 11.7. The second-order valence-corrected chi connectivity index (χ2v) is 5.11. The topological polar surface area (TPSA) is 56.8 Å². The fourth-order valence-electron chi connectivity index (χ4n) is 1.81. The highest BCUT2D eigenvalue weighted by atomic mass is 16.5. The van der Waals surface area contributed by atoms with Crippen LogP contribution in [0.4, 0.5) is 0 Å². The van der Waals surface area contributed by atoms with Crippen molar-refractivity contribution in [3.63, 3.8) is 0 Å². The second kappa shape index (κ2) is 12.1. The maximum Gasteiger partial charge on any atom is 0.325 e. The summed E-state index contributed by atoms with van der Waals surface area (Å²) in [4.78, 5) is 11.6. The van der Waals surface area contributed by atoms with E-state index in [2.05, 4.69) is 12.2 Å². The van der Waals surface area contributed by atoms with Crippen LogP contribution in [0.5, 0.6) is 0 Å². The number of likely N-dealkylation sites (N-methyl/N-ethyl adjacent to an activating group) is 1. The van der Waals surface area contributed by atoms with Crippen molar-refractivity contribution in [1.82, 2.24) is 5.32 Å². The molecule has 120 valence electrons. The zero-order valence-corrected chi connectivity index (χ0v) is 13.5. The first-order valence-electron chi connectivity index (χ1n) is 7.53. The summed E-state index contributed by atoms with van der Waals surface area (Å²) in [6, 6.07) is 0. The zero-order chi connectivity index (χ0) is 15.3. The highest BCUT2D eigenvalue weighted by Gasteiger charge is 2.31. The van der Waals surface area contributed by atoms with Crippen molar-refractivity contribution < 1.29 is 19.0 Å². The largest absolute Gasteiger partial charge is 0.468 e. The van der Waals surface area contributed by atoms with E-state index in [0.717, 1.165) is 38.7 Å². The Morgan fingerprint density at radius 3 is 2.15 bits per heavy atom. The Labute approximate surface area is 123 Å². The summed E-state index contributed by atoms with van der Waals surface area (Å²) >= 11 is 0. The van der Waals surface area contributed by atoms with Crippen LogP contribution in [0.25, 0.3) is 0 Å². The standard InChI is InChI=1S/C15H31NO4/c1-5-6-10-19-12-13-20-11-8-7-9-15(2,16-3)14(17)18-4/h16H,5-13H2,1-4H3. The molecule has 20 heavy (non-hydrogen) atoms. The maximum atomic E-state index is 11.6. The van der Waals surface area contributed by atoms with Gasteiger partial charge < -0.3 is 19.5 Å². The van der Waals surface area contributed by atoms with E-state index in [9.17, 15) is 4.79 Å². The molecule has 5 heteroatoms. The molecular formula is C15H31NO4. The minimum absolute atomic E-state index is 0.217. The molecule has 0 aromatic heterocycles. The van der Waals surface area contributed by atoms with Crippen molar-refractivity contribution in [2.24, 2.45) is 0 Å². The summed E-state index contributed by atoms with van der Waals surface area (Å²) in [6.07, 6.45) is 4.86. The van der Waals surface area contributed by atoms with Crippen LogP contribution in [0.2, 0.25) is 0 Å². The van der Waals surface area contributed by atoms with Crippen molar-refractivity contribution in [3.05, 3.63) is 0 Å². The van der Waals surface area contributed by atoms with Crippen LogP contribution < -0.4 is 5.32 Å². The lowest BCUT2D eigenvalue weighted by atomic mass is 9.95. The average molecular weight is 289 g/mol. The van der Waals surface area contributed by atoms with Gasteiger partial charge in [-0.2, -0.15) is 0 Å². The van der Waals surface area contributed by atoms with Crippen molar-refractivity contribution >= 4 is 5.97 Å². The Morgan fingerprint density at radius 2 is 1.65 bits per heavy atom. The van der Waals surface area contributed by atoms with Gasteiger partial charge in [-0.05, 0) is 39.7 Å². The first-order valence-corrected chi connectivity index (χ1v) is 7.53. The first-order chi connectivity index (χ1) is 9.60. The quantitative estimate of drug-likeness (QED) is 0.416. The molecule has 0 aliphatic heterocycles. The molecule has 0 spiro atoms. The third-order valence-electron chi connectivity index (χ3n) is 3.42. The number of hydrogen-bond donors (Lipinski definition) is 1. The van der Waals surface area contributed by atoms with E-state index in [1.54, 1.807) is 7.05 Å². The fraction of sp³-hybridized carbons (Fsp3) is 0.933. The smallest absolute Gasteiger partial charge is 0.325 e. The van der Waals surface area contributed by atoms with Gasteiger partial charge in [0.2, 0.25) is 0 Å². The molecule has 1 N–H and O–H groups in total. The molecule has 0 aliphatic carbocycles. The highest BCUT2D eigenvalue weighted by Crippen LogP contribution is 2.15.